The van der Waals surface area contributed by atoms with Gasteiger partial charge in [0.1, 0.15) is 23.1 Å². The normalized spacial score (nSPS) is 13.5. The Labute approximate surface area is 108 Å². The number of halogens is 2. The molecule has 4 heteroatoms. The summed E-state index contributed by atoms with van der Waals surface area (Å²) in [6.07, 6.45) is 1.05. The third-order valence-electron chi connectivity index (χ3n) is 3.10. The van der Waals surface area contributed by atoms with Gasteiger partial charge < -0.3 is 4.74 Å². The van der Waals surface area contributed by atoms with Crippen LogP contribution in [-0.2, 0) is 6.42 Å². The number of fused-ring (bicyclic) bond motifs is 1. The molecule has 0 amide bonds. The summed E-state index contributed by atoms with van der Waals surface area (Å²) in [4.78, 5) is 11.6. The van der Waals surface area contributed by atoms with E-state index in [1.54, 1.807) is 18.2 Å². The van der Waals surface area contributed by atoms with E-state index >= 15 is 0 Å². The zero-order valence-corrected chi connectivity index (χ0v) is 9.95. The first-order valence-corrected chi connectivity index (χ1v) is 5.92. The summed E-state index contributed by atoms with van der Waals surface area (Å²) >= 11 is 0. The molecule has 0 radical (unpaired) electrons. The van der Waals surface area contributed by atoms with E-state index in [0.717, 1.165) is 23.8 Å². The van der Waals surface area contributed by atoms with Gasteiger partial charge in [0.25, 0.3) is 0 Å². The maximum Gasteiger partial charge on any atom is 0.163 e. The van der Waals surface area contributed by atoms with Crippen LogP contribution in [0.3, 0.4) is 0 Å². The summed E-state index contributed by atoms with van der Waals surface area (Å²) in [5.41, 5.74) is 1.44. The molecule has 0 aliphatic heterocycles. The van der Waals surface area contributed by atoms with E-state index in [-0.39, 0.29) is 11.5 Å². The number of benzene rings is 2. The van der Waals surface area contributed by atoms with Gasteiger partial charge in [-0.15, -0.1) is 0 Å². The molecule has 0 saturated heterocycles. The SMILES string of the molecule is O=C1CCc2c(Oc3cc(F)cc(F)c3)cccc21. The Hall–Kier alpha value is -2.23. The van der Waals surface area contributed by atoms with Crippen LogP contribution >= 0.6 is 0 Å². The lowest BCUT2D eigenvalue weighted by Crippen LogP contribution is -1.94. The van der Waals surface area contributed by atoms with Gasteiger partial charge in [0, 0.05) is 35.7 Å². The lowest BCUT2D eigenvalue weighted by molar-refractivity contribution is 0.0994. The smallest absolute Gasteiger partial charge is 0.163 e. The molecule has 1 aliphatic carbocycles. The zero-order valence-electron chi connectivity index (χ0n) is 9.95. The van der Waals surface area contributed by atoms with Crippen LogP contribution in [0, 0.1) is 11.6 Å². The molecule has 1 aliphatic rings. The second-order valence-corrected chi connectivity index (χ2v) is 4.41. The van der Waals surface area contributed by atoms with Crippen molar-refractivity contribution in [1.29, 1.82) is 0 Å². The number of carbonyl (C=O) groups is 1. The summed E-state index contributed by atoms with van der Waals surface area (Å²) in [5.74, 6) is -0.748. The number of ether oxygens (including phenoxy) is 1. The van der Waals surface area contributed by atoms with Gasteiger partial charge in [-0.05, 0) is 12.5 Å². The first-order valence-electron chi connectivity index (χ1n) is 5.92. The van der Waals surface area contributed by atoms with Crippen molar-refractivity contribution < 1.29 is 18.3 Å². The van der Waals surface area contributed by atoms with Crippen LogP contribution in [0.4, 0.5) is 8.78 Å². The predicted molar refractivity (Wildman–Crippen MR) is 65.5 cm³/mol. The highest BCUT2D eigenvalue weighted by atomic mass is 19.1. The van der Waals surface area contributed by atoms with Gasteiger partial charge >= 0.3 is 0 Å². The molecule has 0 heterocycles. The number of hydrogen-bond donors (Lipinski definition) is 0. The van der Waals surface area contributed by atoms with Crippen LogP contribution < -0.4 is 4.74 Å². The standard InChI is InChI=1S/C15H10F2O2/c16-9-6-10(17)8-11(7-9)19-15-3-1-2-12-13(15)4-5-14(12)18/h1-3,6-8H,4-5H2. The highest BCUT2D eigenvalue weighted by molar-refractivity contribution is 6.01. The van der Waals surface area contributed by atoms with Crippen molar-refractivity contribution in [2.75, 3.05) is 0 Å². The fourth-order valence-electron chi connectivity index (χ4n) is 2.27. The number of ketones is 1. The maximum absolute atomic E-state index is 13.1. The van der Waals surface area contributed by atoms with Gasteiger partial charge in [-0.25, -0.2) is 8.78 Å². The van der Waals surface area contributed by atoms with Gasteiger partial charge in [-0.1, -0.05) is 12.1 Å². The van der Waals surface area contributed by atoms with Crippen LogP contribution in [0.5, 0.6) is 11.5 Å². The van der Waals surface area contributed by atoms with Crippen molar-refractivity contribution in [2.24, 2.45) is 0 Å². The summed E-state index contributed by atoms with van der Waals surface area (Å²) in [6.45, 7) is 0. The molecule has 0 bridgehead atoms. The number of Topliss-reactive ketones (excluding diaryl/α,β-unsaturated/α-hetero) is 1. The molecule has 96 valence electrons. The Morgan fingerprint density at radius 1 is 1.00 bits per heavy atom. The molecule has 2 nitrogen and oxygen atoms in total. The Bertz CT molecular complexity index is 645. The van der Waals surface area contributed by atoms with Gasteiger partial charge in [0.05, 0.1) is 0 Å². The summed E-state index contributed by atoms with van der Waals surface area (Å²) in [7, 11) is 0. The Kier molecular flexibility index (Phi) is 2.78. The van der Waals surface area contributed by atoms with E-state index in [2.05, 4.69) is 0 Å². The van der Waals surface area contributed by atoms with E-state index < -0.39 is 11.6 Å². The van der Waals surface area contributed by atoms with Gasteiger partial charge in [0.15, 0.2) is 5.78 Å². The third-order valence-corrected chi connectivity index (χ3v) is 3.10. The van der Waals surface area contributed by atoms with Gasteiger partial charge in [0.2, 0.25) is 0 Å². The Balaban J connectivity index is 1.98. The molecule has 0 aromatic heterocycles. The van der Waals surface area contributed by atoms with E-state index in [1.165, 1.54) is 0 Å². The third kappa shape index (κ3) is 2.21. The Morgan fingerprint density at radius 3 is 2.47 bits per heavy atom. The molecule has 0 saturated carbocycles. The molecule has 2 aromatic rings. The maximum atomic E-state index is 13.1. The lowest BCUT2D eigenvalue weighted by Gasteiger charge is -2.10. The fraction of sp³-hybridized carbons (Fsp3) is 0.133. The molecule has 3 rings (SSSR count). The monoisotopic (exact) mass is 260 g/mol. The minimum atomic E-state index is -0.696. The van der Waals surface area contributed by atoms with Crippen molar-refractivity contribution in [3.05, 3.63) is 59.2 Å². The molecule has 0 fully saturated rings. The van der Waals surface area contributed by atoms with Gasteiger partial charge in [-0.3, -0.25) is 4.79 Å². The highest BCUT2D eigenvalue weighted by Crippen LogP contribution is 2.33. The molecular weight excluding hydrogens is 250 g/mol. The number of hydrogen-bond acceptors (Lipinski definition) is 2. The van der Waals surface area contributed by atoms with Crippen LogP contribution in [0.25, 0.3) is 0 Å². The minimum absolute atomic E-state index is 0.0749. The molecule has 0 unspecified atom stereocenters. The topological polar surface area (TPSA) is 26.3 Å². The van der Waals surface area contributed by atoms with E-state index in [4.69, 9.17) is 4.74 Å². The number of carbonyl (C=O) groups excluding carboxylic acids is 1. The lowest BCUT2D eigenvalue weighted by atomic mass is 10.1. The van der Waals surface area contributed by atoms with Crippen molar-refractivity contribution in [3.63, 3.8) is 0 Å². The first kappa shape index (κ1) is 11.8. The van der Waals surface area contributed by atoms with E-state index in [0.29, 0.717) is 24.2 Å². The zero-order chi connectivity index (χ0) is 13.4. The number of rotatable bonds is 2. The summed E-state index contributed by atoms with van der Waals surface area (Å²) < 4.78 is 31.7. The largest absolute Gasteiger partial charge is 0.457 e. The molecule has 0 atom stereocenters. The second-order valence-electron chi connectivity index (χ2n) is 4.41. The predicted octanol–water partition coefficient (Wildman–Crippen LogP) is 3.89. The Morgan fingerprint density at radius 2 is 1.74 bits per heavy atom. The molecule has 0 N–H and O–H groups in total. The fourth-order valence-corrected chi connectivity index (χ4v) is 2.27. The van der Waals surface area contributed by atoms with Crippen LogP contribution in [0.1, 0.15) is 22.3 Å². The highest BCUT2D eigenvalue weighted by Gasteiger charge is 2.22. The van der Waals surface area contributed by atoms with Crippen LogP contribution in [-0.4, -0.2) is 5.78 Å². The summed E-state index contributed by atoms with van der Waals surface area (Å²) in [5, 5.41) is 0. The van der Waals surface area contributed by atoms with E-state index in [1.807, 2.05) is 0 Å². The average Bonchev–Trinajstić information content (AvgIpc) is 2.71. The quantitative estimate of drug-likeness (QED) is 0.818. The molecular formula is C15H10F2O2. The van der Waals surface area contributed by atoms with Crippen molar-refractivity contribution in [1.82, 2.24) is 0 Å². The summed E-state index contributed by atoms with van der Waals surface area (Å²) in [6, 6.07) is 8.14. The molecule has 19 heavy (non-hydrogen) atoms. The van der Waals surface area contributed by atoms with Crippen LogP contribution in [0.2, 0.25) is 0 Å². The second kappa shape index (κ2) is 4.46. The molecule has 0 spiro atoms. The van der Waals surface area contributed by atoms with Crippen molar-refractivity contribution in [3.8, 4) is 11.5 Å². The van der Waals surface area contributed by atoms with Crippen LogP contribution in [0.15, 0.2) is 36.4 Å². The van der Waals surface area contributed by atoms with Crippen molar-refractivity contribution >= 4 is 5.78 Å². The average molecular weight is 260 g/mol. The van der Waals surface area contributed by atoms with E-state index in [9.17, 15) is 13.6 Å². The van der Waals surface area contributed by atoms with Crippen molar-refractivity contribution in [2.45, 2.75) is 12.8 Å². The minimum Gasteiger partial charge on any atom is -0.457 e. The first-order chi connectivity index (χ1) is 9.13. The van der Waals surface area contributed by atoms with Gasteiger partial charge in [-0.2, -0.15) is 0 Å². The molecule has 2 aromatic carbocycles.